The van der Waals surface area contributed by atoms with Gasteiger partial charge in [0.25, 0.3) is 0 Å². The Bertz CT molecular complexity index is 258. The number of rotatable bonds is 3. The van der Waals surface area contributed by atoms with Gasteiger partial charge in [0.15, 0.2) is 0 Å². The van der Waals surface area contributed by atoms with Gasteiger partial charge in [0, 0.05) is 4.90 Å². The molecule has 1 atom stereocenters. The summed E-state index contributed by atoms with van der Waals surface area (Å²) in [6, 6.07) is 6.11. The quantitative estimate of drug-likeness (QED) is 0.530. The Labute approximate surface area is 75.0 Å². The number of carbonyl (C=O) groups excluding carboxylic acids is 1. The van der Waals surface area contributed by atoms with E-state index in [9.17, 15) is 9.18 Å². The van der Waals surface area contributed by atoms with Crippen LogP contribution in [0.1, 0.15) is 6.92 Å². The molecular weight excluding hydrogens is 175 g/mol. The SMILES string of the molecule is CC(C=O)Sc1ccc(F)cc1. The molecule has 0 heterocycles. The molecule has 0 amide bonds. The average Bonchev–Trinajstić information content (AvgIpc) is 2.09. The van der Waals surface area contributed by atoms with Crippen molar-refractivity contribution >= 4 is 18.0 Å². The van der Waals surface area contributed by atoms with Gasteiger partial charge in [-0.25, -0.2) is 4.39 Å². The summed E-state index contributed by atoms with van der Waals surface area (Å²) in [6.07, 6.45) is 0.869. The number of carbonyl (C=O) groups is 1. The van der Waals surface area contributed by atoms with E-state index in [-0.39, 0.29) is 11.1 Å². The zero-order chi connectivity index (χ0) is 8.97. The molecule has 0 aliphatic carbocycles. The van der Waals surface area contributed by atoms with Gasteiger partial charge in [0.1, 0.15) is 12.1 Å². The Kier molecular flexibility index (Phi) is 3.29. The van der Waals surface area contributed by atoms with Crippen LogP contribution in [-0.4, -0.2) is 11.5 Å². The number of aldehydes is 1. The Morgan fingerprint density at radius 2 is 2.00 bits per heavy atom. The zero-order valence-corrected chi connectivity index (χ0v) is 7.48. The lowest BCUT2D eigenvalue weighted by atomic mass is 10.4. The summed E-state index contributed by atoms with van der Waals surface area (Å²) in [6.45, 7) is 1.81. The molecule has 0 N–H and O–H groups in total. The van der Waals surface area contributed by atoms with Crippen LogP contribution in [0.4, 0.5) is 4.39 Å². The topological polar surface area (TPSA) is 17.1 Å². The van der Waals surface area contributed by atoms with E-state index in [4.69, 9.17) is 0 Å². The molecule has 0 aliphatic rings. The summed E-state index contributed by atoms with van der Waals surface area (Å²) in [4.78, 5) is 11.2. The van der Waals surface area contributed by atoms with Crippen LogP contribution in [0.2, 0.25) is 0 Å². The highest BCUT2D eigenvalue weighted by Gasteiger charge is 2.01. The Morgan fingerprint density at radius 1 is 1.42 bits per heavy atom. The van der Waals surface area contributed by atoms with Gasteiger partial charge >= 0.3 is 0 Å². The minimum absolute atomic E-state index is 0.0736. The first-order valence-electron chi connectivity index (χ1n) is 3.60. The van der Waals surface area contributed by atoms with Gasteiger partial charge in [-0.2, -0.15) is 0 Å². The van der Waals surface area contributed by atoms with Gasteiger partial charge in [-0.1, -0.05) is 0 Å². The van der Waals surface area contributed by atoms with E-state index in [0.717, 1.165) is 11.2 Å². The van der Waals surface area contributed by atoms with Crippen molar-refractivity contribution in [2.24, 2.45) is 0 Å². The maximum Gasteiger partial charge on any atom is 0.133 e. The second kappa shape index (κ2) is 4.26. The number of hydrogen-bond acceptors (Lipinski definition) is 2. The van der Waals surface area contributed by atoms with E-state index in [1.54, 1.807) is 19.1 Å². The van der Waals surface area contributed by atoms with E-state index >= 15 is 0 Å². The van der Waals surface area contributed by atoms with Gasteiger partial charge in [-0.3, -0.25) is 0 Å². The zero-order valence-electron chi connectivity index (χ0n) is 6.66. The molecule has 1 rings (SSSR count). The first-order chi connectivity index (χ1) is 5.72. The van der Waals surface area contributed by atoms with Crippen LogP contribution in [0.25, 0.3) is 0 Å². The van der Waals surface area contributed by atoms with Gasteiger partial charge < -0.3 is 4.79 Å². The molecule has 0 radical (unpaired) electrons. The van der Waals surface area contributed by atoms with Gasteiger partial charge in [-0.05, 0) is 31.2 Å². The predicted molar refractivity (Wildman–Crippen MR) is 47.8 cm³/mol. The summed E-state index contributed by atoms with van der Waals surface area (Å²) in [5.74, 6) is -0.252. The highest BCUT2D eigenvalue weighted by molar-refractivity contribution is 8.00. The van der Waals surface area contributed by atoms with Crippen molar-refractivity contribution in [3.8, 4) is 0 Å². The Balaban J connectivity index is 2.64. The van der Waals surface area contributed by atoms with Crippen LogP contribution < -0.4 is 0 Å². The van der Waals surface area contributed by atoms with Gasteiger partial charge in [0.2, 0.25) is 0 Å². The van der Waals surface area contributed by atoms with Crippen LogP contribution in [0.5, 0.6) is 0 Å². The van der Waals surface area contributed by atoms with Crippen LogP contribution in [0.15, 0.2) is 29.2 Å². The molecule has 0 fully saturated rings. The van der Waals surface area contributed by atoms with E-state index in [2.05, 4.69) is 0 Å². The van der Waals surface area contributed by atoms with Crippen molar-refractivity contribution in [3.63, 3.8) is 0 Å². The molecule has 12 heavy (non-hydrogen) atoms. The first-order valence-corrected chi connectivity index (χ1v) is 4.48. The van der Waals surface area contributed by atoms with Crippen LogP contribution >= 0.6 is 11.8 Å². The van der Waals surface area contributed by atoms with Crippen LogP contribution in [0, 0.1) is 5.82 Å². The third kappa shape index (κ3) is 2.66. The highest BCUT2D eigenvalue weighted by Crippen LogP contribution is 2.21. The summed E-state index contributed by atoms with van der Waals surface area (Å²) in [7, 11) is 0. The number of benzene rings is 1. The lowest BCUT2D eigenvalue weighted by Gasteiger charge is -2.02. The average molecular weight is 184 g/mol. The molecule has 1 aromatic carbocycles. The predicted octanol–water partition coefficient (Wildman–Crippen LogP) is 2.51. The molecule has 1 aromatic rings. The lowest BCUT2D eigenvalue weighted by Crippen LogP contribution is -1.95. The normalized spacial score (nSPS) is 12.5. The minimum Gasteiger partial charge on any atom is -0.302 e. The lowest BCUT2D eigenvalue weighted by molar-refractivity contribution is -0.107. The maximum atomic E-state index is 12.4. The maximum absolute atomic E-state index is 12.4. The molecule has 0 spiro atoms. The molecule has 0 aliphatic heterocycles. The molecule has 3 heteroatoms. The third-order valence-electron chi connectivity index (χ3n) is 1.33. The van der Waals surface area contributed by atoms with Crippen molar-refractivity contribution in [1.29, 1.82) is 0 Å². The van der Waals surface area contributed by atoms with Gasteiger partial charge in [-0.15, -0.1) is 11.8 Å². The van der Waals surface area contributed by atoms with E-state index in [1.807, 2.05) is 0 Å². The van der Waals surface area contributed by atoms with Crippen molar-refractivity contribution in [2.45, 2.75) is 17.1 Å². The fourth-order valence-electron chi connectivity index (χ4n) is 0.756. The fourth-order valence-corrected chi connectivity index (χ4v) is 1.53. The molecule has 0 saturated carbocycles. The standard InChI is InChI=1S/C9H9FOS/c1-7(6-11)12-9-4-2-8(10)3-5-9/h2-7H,1H3. The largest absolute Gasteiger partial charge is 0.302 e. The van der Waals surface area contributed by atoms with Crippen molar-refractivity contribution < 1.29 is 9.18 Å². The molecule has 0 aromatic heterocycles. The van der Waals surface area contributed by atoms with Gasteiger partial charge in [0.05, 0.1) is 5.25 Å². The first kappa shape index (κ1) is 9.26. The van der Waals surface area contributed by atoms with Crippen LogP contribution in [-0.2, 0) is 4.79 Å². The van der Waals surface area contributed by atoms with E-state index < -0.39 is 0 Å². The molecular formula is C9H9FOS. The number of hydrogen-bond donors (Lipinski definition) is 0. The summed E-state index contributed by atoms with van der Waals surface area (Å²) >= 11 is 1.42. The number of halogens is 1. The highest BCUT2D eigenvalue weighted by atomic mass is 32.2. The third-order valence-corrected chi connectivity index (χ3v) is 2.35. The van der Waals surface area contributed by atoms with Crippen LogP contribution in [0.3, 0.4) is 0 Å². The Hall–Kier alpha value is -0.830. The molecule has 0 bridgehead atoms. The molecule has 1 nitrogen and oxygen atoms in total. The molecule has 64 valence electrons. The Morgan fingerprint density at radius 3 is 2.50 bits per heavy atom. The van der Waals surface area contributed by atoms with E-state index in [1.165, 1.54) is 23.9 Å². The van der Waals surface area contributed by atoms with Crippen molar-refractivity contribution in [3.05, 3.63) is 30.1 Å². The fraction of sp³-hybridized carbons (Fsp3) is 0.222. The summed E-state index contributed by atoms with van der Waals surface area (Å²) < 4.78 is 12.4. The van der Waals surface area contributed by atoms with Crippen molar-refractivity contribution in [1.82, 2.24) is 0 Å². The molecule has 0 saturated heterocycles. The summed E-state index contributed by atoms with van der Waals surface area (Å²) in [5, 5.41) is -0.0736. The summed E-state index contributed by atoms with van der Waals surface area (Å²) in [5.41, 5.74) is 0. The second-order valence-corrected chi connectivity index (χ2v) is 3.86. The smallest absolute Gasteiger partial charge is 0.133 e. The second-order valence-electron chi connectivity index (χ2n) is 2.41. The monoisotopic (exact) mass is 184 g/mol. The van der Waals surface area contributed by atoms with E-state index in [0.29, 0.717) is 0 Å². The molecule has 1 unspecified atom stereocenters. The minimum atomic E-state index is -0.252. The van der Waals surface area contributed by atoms with Crippen molar-refractivity contribution in [2.75, 3.05) is 0 Å². The number of thioether (sulfide) groups is 1.